The molecule has 116 valence electrons. The van der Waals surface area contributed by atoms with Crippen LogP contribution in [-0.4, -0.2) is 50.3 Å². The fourth-order valence-corrected chi connectivity index (χ4v) is 1.97. The maximum Gasteiger partial charge on any atom is 0.416 e. The second-order valence-electron chi connectivity index (χ2n) is 4.67. The van der Waals surface area contributed by atoms with Crippen molar-refractivity contribution >= 4 is 5.97 Å². The molecule has 0 spiro atoms. The Morgan fingerprint density at radius 1 is 1.19 bits per heavy atom. The average molecular weight is 303 g/mol. The molecule has 1 aliphatic heterocycles. The third-order valence-corrected chi connectivity index (χ3v) is 3.19. The zero-order valence-corrected chi connectivity index (χ0v) is 11.4. The minimum atomic E-state index is -4.40. The van der Waals surface area contributed by atoms with Crippen molar-refractivity contribution in [2.45, 2.75) is 6.18 Å². The fraction of sp³-hybridized carbons (Fsp3) is 0.500. The van der Waals surface area contributed by atoms with E-state index in [4.69, 9.17) is 9.47 Å². The number of halogens is 3. The summed E-state index contributed by atoms with van der Waals surface area (Å²) >= 11 is 0. The summed E-state index contributed by atoms with van der Waals surface area (Å²) in [5.74, 6) is -0.614. The van der Waals surface area contributed by atoms with Gasteiger partial charge in [-0.2, -0.15) is 13.2 Å². The van der Waals surface area contributed by atoms with Crippen molar-refractivity contribution in [3.05, 3.63) is 35.4 Å². The van der Waals surface area contributed by atoms with Crippen molar-refractivity contribution in [3.63, 3.8) is 0 Å². The molecule has 0 unspecified atom stereocenters. The summed E-state index contributed by atoms with van der Waals surface area (Å²) in [6.45, 7) is 3.70. The molecule has 1 aromatic carbocycles. The second kappa shape index (κ2) is 6.91. The molecule has 1 aliphatic rings. The van der Waals surface area contributed by atoms with Crippen LogP contribution in [0.4, 0.5) is 13.2 Å². The van der Waals surface area contributed by atoms with E-state index in [-0.39, 0.29) is 12.2 Å². The van der Waals surface area contributed by atoms with Gasteiger partial charge in [-0.3, -0.25) is 4.90 Å². The molecular weight excluding hydrogens is 287 g/mol. The SMILES string of the molecule is O=C(OCCN1CCOCC1)c1ccc(C(F)(F)F)cc1. The molecule has 0 N–H and O–H groups in total. The van der Waals surface area contributed by atoms with Gasteiger partial charge in [0.05, 0.1) is 24.3 Å². The zero-order chi connectivity index (χ0) is 15.3. The highest BCUT2D eigenvalue weighted by atomic mass is 19.4. The topological polar surface area (TPSA) is 38.8 Å². The van der Waals surface area contributed by atoms with E-state index >= 15 is 0 Å². The molecule has 0 bridgehead atoms. The predicted molar refractivity (Wildman–Crippen MR) is 69.0 cm³/mol. The molecule has 1 fully saturated rings. The van der Waals surface area contributed by atoms with Crippen molar-refractivity contribution < 1.29 is 27.4 Å². The van der Waals surface area contributed by atoms with E-state index in [0.29, 0.717) is 19.8 Å². The van der Waals surface area contributed by atoms with Crippen LogP contribution in [0.25, 0.3) is 0 Å². The van der Waals surface area contributed by atoms with E-state index in [1.165, 1.54) is 0 Å². The number of rotatable bonds is 4. The highest BCUT2D eigenvalue weighted by molar-refractivity contribution is 5.89. The van der Waals surface area contributed by atoms with Crippen LogP contribution in [0.15, 0.2) is 24.3 Å². The third kappa shape index (κ3) is 4.71. The molecule has 0 radical (unpaired) electrons. The normalized spacial score (nSPS) is 16.7. The Morgan fingerprint density at radius 2 is 1.81 bits per heavy atom. The number of nitrogens with zero attached hydrogens (tertiary/aromatic N) is 1. The van der Waals surface area contributed by atoms with Crippen molar-refractivity contribution in [1.82, 2.24) is 4.90 Å². The van der Waals surface area contributed by atoms with Gasteiger partial charge in [0.1, 0.15) is 6.61 Å². The Morgan fingerprint density at radius 3 is 2.38 bits per heavy atom. The Bertz CT molecular complexity index is 467. The van der Waals surface area contributed by atoms with Crippen LogP contribution in [0.3, 0.4) is 0 Å². The maximum atomic E-state index is 12.4. The van der Waals surface area contributed by atoms with Crippen LogP contribution in [0, 0.1) is 0 Å². The second-order valence-corrected chi connectivity index (χ2v) is 4.67. The Balaban J connectivity index is 1.80. The number of carbonyl (C=O) groups excluding carboxylic acids is 1. The number of esters is 1. The smallest absolute Gasteiger partial charge is 0.416 e. The molecule has 7 heteroatoms. The van der Waals surface area contributed by atoms with Crippen molar-refractivity contribution in [2.75, 3.05) is 39.5 Å². The van der Waals surface area contributed by atoms with Crippen LogP contribution in [0.5, 0.6) is 0 Å². The minimum absolute atomic E-state index is 0.116. The number of hydrogen-bond donors (Lipinski definition) is 0. The summed E-state index contributed by atoms with van der Waals surface area (Å²) in [5.41, 5.74) is -0.669. The lowest BCUT2D eigenvalue weighted by atomic mass is 10.1. The standard InChI is InChI=1S/C14H16F3NO3/c15-14(16,17)12-3-1-11(2-4-12)13(19)21-10-7-18-5-8-20-9-6-18/h1-4H,5-10H2. The van der Waals surface area contributed by atoms with Gasteiger partial charge in [0, 0.05) is 19.6 Å². The van der Waals surface area contributed by atoms with Gasteiger partial charge in [0.15, 0.2) is 0 Å². The summed E-state index contributed by atoms with van der Waals surface area (Å²) in [7, 11) is 0. The summed E-state index contributed by atoms with van der Waals surface area (Å²) in [6.07, 6.45) is -4.40. The van der Waals surface area contributed by atoms with Crippen LogP contribution in [0.1, 0.15) is 15.9 Å². The monoisotopic (exact) mass is 303 g/mol. The van der Waals surface area contributed by atoms with Gasteiger partial charge in [-0.1, -0.05) is 0 Å². The summed E-state index contributed by atoms with van der Waals surface area (Å²) in [5, 5.41) is 0. The molecule has 0 aliphatic carbocycles. The first kappa shape index (κ1) is 15.8. The first-order valence-electron chi connectivity index (χ1n) is 6.61. The van der Waals surface area contributed by atoms with Gasteiger partial charge in [0.25, 0.3) is 0 Å². The molecule has 0 amide bonds. The van der Waals surface area contributed by atoms with E-state index in [0.717, 1.165) is 37.4 Å². The fourth-order valence-electron chi connectivity index (χ4n) is 1.97. The molecule has 4 nitrogen and oxygen atoms in total. The van der Waals surface area contributed by atoms with Crippen LogP contribution >= 0.6 is 0 Å². The lowest BCUT2D eigenvalue weighted by Crippen LogP contribution is -2.38. The maximum absolute atomic E-state index is 12.4. The van der Waals surface area contributed by atoms with E-state index in [2.05, 4.69) is 4.90 Å². The number of ether oxygens (including phenoxy) is 2. The van der Waals surface area contributed by atoms with E-state index in [1.54, 1.807) is 0 Å². The number of benzene rings is 1. The Kier molecular flexibility index (Phi) is 5.19. The summed E-state index contributed by atoms with van der Waals surface area (Å²) in [6, 6.07) is 4.00. The summed E-state index contributed by atoms with van der Waals surface area (Å²) < 4.78 is 47.4. The number of morpholine rings is 1. The molecule has 0 atom stereocenters. The first-order valence-corrected chi connectivity index (χ1v) is 6.61. The quantitative estimate of drug-likeness (QED) is 0.799. The Hall–Kier alpha value is -1.60. The van der Waals surface area contributed by atoms with Gasteiger partial charge in [-0.25, -0.2) is 4.79 Å². The van der Waals surface area contributed by atoms with Gasteiger partial charge >= 0.3 is 12.1 Å². The van der Waals surface area contributed by atoms with Crippen LogP contribution < -0.4 is 0 Å². The molecular formula is C14H16F3NO3. The van der Waals surface area contributed by atoms with Gasteiger partial charge in [0.2, 0.25) is 0 Å². The minimum Gasteiger partial charge on any atom is -0.461 e. The summed E-state index contributed by atoms with van der Waals surface area (Å²) in [4.78, 5) is 13.8. The molecule has 0 aromatic heterocycles. The molecule has 2 rings (SSSR count). The van der Waals surface area contributed by atoms with E-state index < -0.39 is 17.7 Å². The van der Waals surface area contributed by atoms with Gasteiger partial charge < -0.3 is 9.47 Å². The van der Waals surface area contributed by atoms with Gasteiger partial charge in [-0.05, 0) is 24.3 Å². The van der Waals surface area contributed by atoms with Crippen LogP contribution in [-0.2, 0) is 15.7 Å². The number of alkyl halides is 3. The third-order valence-electron chi connectivity index (χ3n) is 3.19. The molecule has 1 saturated heterocycles. The average Bonchev–Trinajstić information content (AvgIpc) is 2.47. The van der Waals surface area contributed by atoms with Crippen molar-refractivity contribution in [3.8, 4) is 0 Å². The van der Waals surface area contributed by atoms with Gasteiger partial charge in [-0.15, -0.1) is 0 Å². The molecule has 1 aromatic rings. The van der Waals surface area contributed by atoms with E-state index in [1.807, 2.05) is 0 Å². The molecule has 21 heavy (non-hydrogen) atoms. The zero-order valence-electron chi connectivity index (χ0n) is 11.4. The Labute approximate surface area is 120 Å². The molecule has 0 saturated carbocycles. The lowest BCUT2D eigenvalue weighted by molar-refractivity contribution is -0.137. The molecule has 1 heterocycles. The van der Waals surface area contributed by atoms with Crippen molar-refractivity contribution in [1.29, 1.82) is 0 Å². The van der Waals surface area contributed by atoms with Crippen LogP contribution in [0.2, 0.25) is 0 Å². The number of hydrogen-bond acceptors (Lipinski definition) is 4. The highest BCUT2D eigenvalue weighted by Crippen LogP contribution is 2.29. The van der Waals surface area contributed by atoms with Crippen molar-refractivity contribution in [2.24, 2.45) is 0 Å². The van der Waals surface area contributed by atoms with E-state index in [9.17, 15) is 18.0 Å². The highest BCUT2D eigenvalue weighted by Gasteiger charge is 2.30. The number of carbonyl (C=O) groups is 1. The first-order chi connectivity index (χ1) is 9.97. The largest absolute Gasteiger partial charge is 0.461 e. The predicted octanol–water partition coefficient (Wildman–Crippen LogP) is 2.19. The lowest BCUT2D eigenvalue weighted by Gasteiger charge is -2.26.